The molecule has 0 saturated heterocycles. The molecule has 0 spiro atoms. The van der Waals surface area contributed by atoms with Crippen molar-refractivity contribution in [2.75, 3.05) is 0 Å². The van der Waals surface area contributed by atoms with E-state index in [9.17, 15) is 0 Å². The van der Waals surface area contributed by atoms with Crippen LogP contribution in [0.25, 0.3) is 23.3 Å². The van der Waals surface area contributed by atoms with E-state index in [4.69, 9.17) is 0 Å². The van der Waals surface area contributed by atoms with Gasteiger partial charge in [-0.3, -0.25) is 0 Å². The zero-order valence-electron chi connectivity index (χ0n) is 10.6. The maximum Gasteiger partial charge on any atom is 0.00871 e. The Hall–Kier alpha value is -1.56. The summed E-state index contributed by atoms with van der Waals surface area (Å²) in [5, 5.41) is 2.79. The topological polar surface area (TPSA) is 0 Å². The highest BCUT2D eigenvalue weighted by Gasteiger charge is 2.11. The molecule has 2 aliphatic rings. The molecule has 1 aromatic carbocycles. The molecule has 0 amide bonds. The van der Waals surface area contributed by atoms with Gasteiger partial charge in [0.25, 0.3) is 0 Å². The molecule has 0 N–H and O–H groups in total. The molecule has 0 bridgehead atoms. The van der Waals surface area contributed by atoms with Crippen molar-refractivity contribution in [3.8, 4) is 0 Å². The van der Waals surface area contributed by atoms with E-state index < -0.39 is 0 Å². The van der Waals surface area contributed by atoms with Crippen LogP contribution in [-0.4, -0.2) is 0 Å². The van der Waals surface area contributed by atoms with Crippen molar-refractivity contribution in [3.05, 3.63) is 52.3 Å². The minimum Gasteiger partial charge on any atom is -0.0770 e. The molecule has 0 aliphatic heterocycles. The van der Waals surface area contributed by atoms with Gasteiger partial charge >= 0.3 is 0 Å². The average Bonchev–Trinajstić information content (AvgIpc) is 2.33. The molecule has 1 aromatic rings. The molecule has 1 radical (unpaired) electrons. The smallest absolute Gasteiger partial charge is 0.00871 e. The predicted molar refractivity (Wildman–Crippen MR) is 75.4 cm³/mol. The molecule has 0 heteroatoms. The Labute approximate surface area is 103 Å². The van der Waals surface area contributed by atoms with Crippen molar-refractivity contribution in [2.24, 2.45) is 5.92 Å². The Bertz CT molecular complexity index is 654. The molecular formula is C17H17. The minimum atomic E-state index is 0.560. The molecular weight excluding hydrogens is 204 g/mol. The van der Waals surface area contributed by atoms with Crippen LogP contribution in [0, 0.1) is 12.3 Å². The zero-order valence-corrected chi connectivity index (χ0v) is 10.6. The maximum absolute atomic E-state index is 2.34. The molecule has 0 heterocycles. The SMILES string of the molecule is CC1=c2cc3c(cc2C=C[CH]1)=C(C)C(C)C=C3. The van der Waals surface area contributed by atoms with Crippen LogP contribution < -0.4 is 10.4 Å². The monoisotopic (exact) mass is 221 g/mol. The van der Waals surface area contributed by atoms with E-state index in [0.717, 1.165) is 0 Å². The van der Waals surface area contributed by atoms with Gasteiger partial charge in [0.2, 0.25) is 0 Å². The van der Waals surface area contributed by atoms with Gasteiger partial charge in [0.1, 0.15) is 0 Å². The summed E-state index contributed by atoms with van der Waals surface area (Å²) in [6.07, 6.45) is 11.1. The summed E-state index contributed by atoms with van der Waals surface area (Å²) in [6, 6.07) is 4.67. The van der Waals surface area contributed by atoms with Gasteiger partial charge in [-0.15, -0.1) is 0 Å². The number of benzene rings is 1. The largest absolute Gasteiger partial charge is 0.0770 e. The molecule has 0 aromatic heterocycles. The van der Waals surface area contributed by atoms with Crippen LogP contribution in [-0.2, 0) is 0 Å². The van der Waals surface area contributed by atoms with Crippen LogP contribution >= 0.6 is 0 Å². The quantitative estimate of drug-likeness (QED) is 0.632. The van der Waals surface area contributed by atoms with Crippen LogP contribution in [0.4, 0.5) is 0 Å². The van der Waals surface area contributed by atoms with E-state index in [2.05, 4.69) is 63.6 Å². The Morgan fingerprint density at radius 3 is 2.47 bits per heavy atom. The standard InChI is InChI=1S/C17H17/c1-11-7-8-15-9-16-12(2)5-4-6-14(16)10-17(15)13(11)3/h4-11H,1-3H3. The van der Waals surface area contributed by atoms with E-state index in [1.54, 1.807) is 0 Å². The second-order valence-electron chi connectivity index (χ2n) is 5.07. The minimum absolute atomic E-state index is 0.560. The number of hydrogen-bond acceptors (Lipinski definition) is 0. The van der Waals surface area contributed by atoms with Crippen molar-refractivity contribution < 1.29 is 0 Å². The van der Waals surface area contributed by atoms with E-state index >= 15 is 0 Å². The molecule has 3 rings (SSSR count). The van der Waals surface area contributed by atoms with Gasteiger partial charge in [0, 0.05) is 6.42 Å². The third-order valence-corrected chi connectivity index (χ3v) is 3.94. The number of hydrogen-bond donors (Lipinski definition) is 0. The molecule has 85 valence electrons. The van der Waals surface area contributed by atoms with Crippen molar-refractivity contribution >= 4 is 23.3 Å². The number of fused-ring (bicyclic) bond motifs is 2. The van der Waals surface area contributed by atoms with Crippen molar-refractivity contribution in [1.82, 2.24) is 0 Å². The Balaban J connectivity index is 2.42. The molecule has 17 heavy (non-hydrogen) atoms. The van der Waals surface area contributed by atoms with Gasteiger partial charge in [0.15, 0.2) is 0 Å². The molecule has 0 nitrogen and oxygen atoms in total. The molecule has 1 unspecified atom stereocenters. The Morgan fingerprint density at radius 2 is 1.65 bits per heavy atom. The first kappa shape index (κ1) is 10.6. The molecule has 2 aliphatic carbocycles. The third-order valence-electron chi connectivity index (χ3n) is 3.94. The third kappa shape index (κ3) is 1.59. The van der Waals surface area contributed by atoms with Gasteiger partial charge in [-0.05, 0) is 53.5 Å². The average molecular weight is 221 g/mol. The highest BCUT2D eigenvalue weighted by Crippen LogP contribution is 2.18. The lowest BCUT2D eigenvalue weighted by atomic mass is 9.88. The van der Waals surface area contributed by atoms with Gasteiger partial charge in [0.05, 0.1) is 0 Å². The van der Waals surface area contributed by atoms with E-state index in [1.165, 1.54) is 32.7 Å². The first-order valence-corrected chi connectivity index (χ1v) is 6.22. The van der Waals surface area contributed by atoms with E-state index in [-0.39, 0.29) is 0 Å². The molecule has 0 fully saturated rings. The first-order valence-electron chi connectivity index (χ1n) is 6.22. The summed E-state index contributed by atoms with van der Waals surface area (Å²) in [5.74, 6) is 0.560. The van der Waals surface area contributed by atoms with Crippen LogP contribution in [0.3, 0.4) is 0 Å². The van der Waals surface area contributed by atoms with Crippen molar-refractivity contribution in [2.45, 2.75) is 20.8 Å². The van der Waals surface area contributed by atoms with E-state index in [1.807, 2.05) is 0 Å². The molecule has 0 saturated carbocycles. The van der Waals surface area contributed by atoms with Crippen molar-refractivity contribution in [1.29, 1.82) is 0 Å². The van der Waals surface area contributed by atoms with Crippen molar-refractivity contribution in [3.63, 3.8) is 0 Å². The first-order chi connectivity index (χ1) is 8.16. The second-order valence-corrected chi connectivity index (χ2v) is 5.07. The number of allylic oxidation sites excluding steroid dienone is 2. The Kier molecular flexibility index (Phi) is 2.32. The summed E-state index contributed by atoms with van der Waals surface area (Å²) in [5.41, 5.74) is 5.55. The lowest BCUT2D eigenvalue weighted by Crippen LogP contribution is -2.23. The molecule has 1 atom stereocenters. The van der Waals surface area contributed by atoms with Crippen LogP contribution in [0.2, 0.25) is 0 Å². The second kappa shape index (κ2) is 3.73. The fourth-order valence-electron chi connectivity index (χ4n) is 2.62. The van der Waals surface area contributed by atoms with Crippen LogP contribution in [0.5, 0.6) is 0 Å². The van der Waals surface area contributed by atoms with Gasteiger partial charge in [-0.1, -0.05) is 42.4 Å². The highest BCUT2D eigenvalue weighted by molar-refractivity contribution is 5.73. The number of rotatable bonds is 0. The van der Waals surface area contributed by atoms with E-state index in [0.29, 0.717) is 5.92 Å². The van der Waals surface area contributed by atoms with Gasteiger partial charge in [-0.25, -0.2) is 0 Å². The Morgan fingerprint density at radius 1 is 0.941 bits per heavy atom. The fourth-order valence-corrected chi connectivity index (χ4v) is 2.62. The highest BCUT2D eigenvalue weighted by atomic mass is 14.2. The maximum atomic E-state index is 2.34. The summed E-state index contributed by atoms with van der Waals surface area (Å²) in [4.78, 5) is 0. The summed E-state index contributed by atoms with van der Waals surface area (Å²) < 4.78 is 0. The van der Waals surface area contributed by atoms with Crippen LogP contribution in [0.1, 0.15) is 31.9 Å². The van der Waals surface area contributed by atoms with Gasteiger partial charge < -0.3 is 0 Å². The van der Waals surface area contributed by atoms with Crippen LogP contribution in [0.15, 0.2) is 24.3 Å². The lowest BCUT2D eigenvalue weighted by molar-refractivity contribution is 0.942. The normalized spacial score (nSPS) is 21.5. The van der Waals surface area contributed by atoms with Gasteiger partial charge in [-0.2, -0.15) is 0 Å². The summed E-state index contributed by atoms with van der Waals surface area (Å²) in [6.45, 7) is 6.68. The summed E-state index contributed by atoms with van der Waals surface area (Å²) >= 11 is 0. The predicted octanol–water partition coefficient (Wildman–Crippen LogP) is 2.92. The lowest BCUT2D eigenvalue weighted by Gasteiger charge is -2.16. The fraction of sp³-hybridized carbons (Fsp3) is 0.235. The zero-order chi connectivity index (χ0) is 12.0. The summed E-state index contributed by atoms with van der Waals surface area (Å²) in [7, 11) is 0.